The largest absolute Gasteiger partial charge is 0.507 e. The summed E-state index contributed by atoms with van der Waals surface area (Å²) in [5.74, 6) is -1.38. The minimum atomic E-state index is -0.772. The average molecular weight is 517 g/mol. The van der Waals surface area contributed by atoms with Crippen molar-refractivity contribution in [1.82, 2.24) is 9.80 Å². The molecule has 1 atom stereocenters. The van der Waals surface area contributed by atoms with E-state index in [-0.39, 0.29) is 16.9 Å². The van der Waals surface area contributed by atoms with E-state index in [1.54, 1.807) is 37.4 Å². The molecule has 2 N–H and O–H groups in total. The first-order chi connectivity index (χ1) is 15.8. The fraction of sp³-hybridized carbons (Fsp3) is 0.360. The van der Waals surface area contributed by atoms with Gasteiger partial charge in [0.05, 0.1) is 24.3 Å². The summed E-state index contributed by atoms with van der Waals surface area (Å²) in [6.07, 6.45) is 0.684. The maximum absolute atomic E-state index is 13.1. The van der Waals surface area contributed by atoms with Gasteiger partial charge >= 0.3 is 0 Å². The molecule has 8 heteroatoms. The predicted octanol–water partition coefficient (Wildman–Crippen LogP) is 4.32. The Morgan fingerprint density at radius 3 is 2.39 bits per heavy atom. The SMILES string of the molecule is CCN(CC)CCCN1C(=O)C(=O)C(=C(O)c2cc(Br)ccc2O)[C@H]1c1ccc(OC)cc1. The van der Waals surface area contributed by atoms with Crippen molar-refractivity contribution in [3.63, 3.8) is 0 Å². The number of rotatable bonds is 9. The molecule has 33 heavy (non-hydrogen) atoms. The monoisotopic (exact) mass is 516 g/mol. The third-order valence-electron chi connectivity index (χ3n) is 5.95. The summed E-state index contributed by atoms with van der Waals surface area (Å²) in [5, 5.41) is 21.4. The number of nitrogens with zero attached hydrogens (tertiary/aromatic N) is 2. The van der Waals surface area contributed by atoms with E-state index < -0.39 is 23.5 Å². The zero-order valence-electron chi connectivity index (χ0n) is 19.0. The number of benzene rings is 2. The van der Waals surface area contributed by atoms with Gasteiger partial charge in [0.25, 0.3) is 11.7 Å². The van der Waals surface area contributed by atoms with Gasteiger partial charge in [0, 0.05) is 11.0 Å². The zero-order valence-corrected chi connectivity index (χ0v) is 20.6. The molecule has 1 aliphatic rings. The van der Waals surface area contributed by atoms with Gasteiger partial charge in [-0.15, -0.1) is 0 Å². The van der Waals surface area contributed by atoms with Crippen molar-refractivity contribution >= 4 is 33.4 Å². The topological polar surface area (TPSA) is 90.3 Å². The van der Waals surface area contributed by atoms with Crippen LogP contribution in [0.25, 0.3) is 5.76 Å². The van der Waals surface area contributed by atoms with Crippen LogP contribution in [0.5, 0.6) is 11.5 Å². The fourth-order valence-electron chi connectivity index (χ4n) is 4.09. The van der Waals surface area contributed by atoms with Gasteiger partial charge < -0.3 is 24.7 Å². The van der Waals surface area contributed by atoms with Crippen molar-refractivity contribution in [1.29, 1.82) is 0 Å². The quantitative estimate of drug-likeness (QED) is 0.293. The molecule has 0 aromatic heterocycles. The molecule has 0 spiro atoms. The molecule has 2 aromatic carbocycles. The van der Waals surface area contributed by atoms with Crippen LogP contribution in [0, 0.1) is 0 Å². The standard InChI is InChI=1S/C25H29BrN2O5/c1-4-27(5-2)13-6-14-28-22(16-7-10-18(33-3)11-8-16)21(24(31)25(28)32)23(30)19-15-17(26)9-12-20(19)29/h7-12,15,22,29-30H,4-6,13-14H2,1-3H3/t22-/m1/s1. The second-order valence-corrected chi connectivity index (χ2v) is 8.72. The van der Waals surface area contributed by atoms with Gasteiger partial charge in [0.15, 0.2) is 0 Å². The highest BCUT2D eigenvalue weighted by Crippen LogP contribution is 2.41. The first-order valence-electron chi connectivity index (χ1n) is 11.0. The Kier molecular flexibility index (Phi) is 8.15. The number of phenols is 1. The lowest BCUT2D eigenvalue weighted by Crippen LogP contribution is -2.33. The third kappa shape index (κ3) is 5.23. The maximum Gasteiger partial charge on any atom is 0.295 e. The Balaban J connectivity index is 2.07. The molecule has 1 saturated heterocycles. The highest BCUT2D eigenvalue weighted by Gasteiger charge is 2.46. The first kappa shape index (κ1) is 24.8. The van der Waals surface area contributed by atoms with Crippen molar-refractivity contribution in [2.24, 2.45) is 0 Å². The van der Waals surface area contributed by atoms with Crippen molar-refractivity contribution in [2.45, 2.75) is 26.3 Å². The number of phenolic OH excluding ortho intramolecular Hbond substituents is 1. The number of likely N-dealkylation sites (tertiary alicyclic amines) is 1. The summed E-state index contributed by atoms with van der Waals surface area (Å²) in [6, 6.07) is 10.8. The van der Waals surface area contributed by atoms with Crippen LogP contribution in [-0.2, 0) is 9.59 Å². The van der Waals surface area contributed by atoms with E-state index in [0.717, 1.165) is 19.6 Å². The third-order valence-corrected chi connectivity index (χ3v) is 6.45. The number of aliphatic hydroxyl groups excluding tert-OH is 1. The number of hydrogen-bond acceptors (Lipinski definition) is 6. The highest BCUT2D eigenvalue weighted by molar-refractivity contribution is 9.10. The van der Waals surface area contributed by atoms with E-state index in [1.807, 2.05) is 0 Å². The van der Waals surface area contributed by atoms with Gasteiger partial charge in [-0.2, -0.15) is 0 Å². The number of ether oxygens (including phenoxy) is 1. The Hall–Kier alpha value is -2.84. The molecule has 1 heterocycles. The van der Waals surface area contributed by atoms with E-state index in [1.165, 1.54) is 17.0 Å². The van der Waals surface area contributed by atoms with Crippen LogP contribution in [0.15, 0.2) is 52.5 Å². The number of amides is 1. The van der Waals surface area contributed by atoms with Gasteiger partial charge in [-0.05, 0) is 62.0 Å². The number of Topliss-reactive ketones (excluding diaryl/α,β-unsaturated/α-hetero) is 1. The van der Waals surface area contributed by atoms with Crippen LogP contribution in [0.2, 0.25) is 0 Å². The predicted molar refractivity (Wildman–Crippen MR) is 130 cm³/mol. The van der Waals surface area contributed by atoms with Crippen molar-refractivity contribution < 1.29 is 24.5 Å². The van der Waals surface area contributed by atoms with E-state index in [2.05, 4.69) is 34.7 Å². The van der Waals surface area contributed by atoms with Crippen LogP contribution in [0.4, 0.5) is 0 Å². The summed E-state index contributed by atoms with van der Waals surface area (Å²) < 4.78 is 5.86. The second-order valence-electron chi connectivity index (χ2n) is 7.81. The lowest BCUT2D eigenvalue weighted by atomic mass is 9.95. The van der Waals surface area contributed by atoms with E-state index >= 15 is 0 Å². The molecule has 0 bridgehead atoms. The number of carbonyl (C=O) groups is 2. The average Bonchev–Trinajstić information content (AvgIpc) is 3.08. The van der Waals surface area contributed by atoms with Crippen LogP contribution in [0.1, 0.15) is 37.4 Å². The molecule has 0 saturated carbocycles. The molecule has 176 valence electrons. The number of ketones is 1. The van der Waals surface area contributed by atoms with Crippen LogP contribution >= 0.6 is 15.9 Å². The number of hydrogen-bond donors (Lipinski definition) is 2. The number of carbonyl (C=O) groups excluding carboxylic acids is 2. The fourth-order valence-corrected chi connectivity index (χ4v) is 4.45. The maximum atomic E-state index is 13.1. The molecule has 1 fully saturated rings. The minimum absolute atomic E-state index is 0.0404. The summed E-state index contributed by atoms with van der Waals surface area (Å²) in [6.45, 7) is 7.12. The molecule has 0 unspecified atom stereocenters. The summed E-state index contributed by atoms with van der Waals surface area (Å²) in [7, 11) is 1.56. The molecule has 3 rings (SSSR count). The van der Waals surface area contributed by atoms with Gasteiger partial charge in [-0.3, -0.25) is 9.59 Å². The molecule has 1 amide bonds. The lowest BCUT2D eigenvalue weighted by Gasteiger charge is -2.27. The van der Waals surface area contributed by atoms with Gasteiger partial charge in [-0.25, -0.2) is 0 Å². The Labute approximate surface area is 202 Å². The smallest absolute Gasteiger partial charge is 0.295 e. The van der Waals surface area contributed by atoms with Crippen molar-refractivity contribution in [3.8, 4) is 11.5 Å². The lowest BCUT2D eigenvalue weighted by molar-refractivity contribution is -0.140. The van der Waals surface area contributed by atoms with Gasteiger partial charge in [0.1, 0.15) is 17.3 Å². The molecule has 0 radical (unpaired) electrons. The Morgan fingerprint density at radius 1 is 1.12 bits per heavy atom. The summed E-state index contributed by atoms with van der Waals surface area (Å²) >= 11 is 3.32. The van der Waals surface area contributed by atoms with Crippen LogP contribution < -0.4 is 4.74 Å². The summed E-state index contributed by atoms with van der Waals surface area (Å²) in [4.78, 5) is 29.9. The molecular weight excluding hydrogens is 488 g/mol. The van der Waals surface area contributed by atoms with Crippen LogP contribution in [-0.4, -0.2) is 65.0 Å². The van der Waals surface area contributed by atoms with Gasteiger partial charge in [-0.1, -0.05) is 41.9 Å². The minimum Gasteiger partial charge on any atom is -0.507 e. The van der Waals surface area contributed by atoms with Crippen molar-refractivity contribution in [3.05, 3.63) is 63.6 Å². The summed E-state index contributed by atoms with van der Waals surface area (Å²) in [5.41, 5.74) is 0.722. The zero-order chi connectivity index (χ0) is 24.1. The van der Waals surface area contributed by atoms with E-state index in [4.69, 9.17) is 4.74 Å². The second kappa shape index (κ2) is 10.9. The van der Waals surface area contributed by atoms with Gasteiger partial charge in [0.2, 0.25) is 0 Å². The number of aliphatic hydroxyl groups is 1. The Bertz CT molecular complexity index is 1050. The first-order valence-corrected chi connectivity index (χ1v) is 11.7. The Morgan fingerprint density at radius 2 is 1.79 bits per heavy atom. The number of methoxy groups -OCH3 is 1. The normalized spacial score (nSPS) is 17.7. The molecule has 1 aliphatic heterocycles. The highest BCUT2D eigenvalue weighted by atomic mass is 79.9. The number of aromatic hydroxyl groups is 1. The number of halogens is 1. The van der Waals surface area contributed by atoms with E-state index in [0.29, 0.717) is 28.8 Å². The molecular formula is C25H29BrN2O5. The molecule has 7 nitrogen and oxygen atoms in total. The van der Waals surface area contributed by atoms with Crippen molar-refractivity contribution in [2.75, 3.05) is 33.3 Å². The molecule has 2 aromatic rings. The van der Waals surface area contributed by atoms with Crippen LogP contribution in [0.3, 0.4) is 0 Å². The molecule has 0 aliphatic carbocycles. The van der Waals surface area contributed by atoms with E-state index in [9.17, 15) is 19.8 Å².